The Morgan fingerprint density at radius 1 is 1.72 bits per heavy atom. The molecule has 18 heavy (non-hydrogen) atoms. The lowest BCUT2D eigenvalue weighted by atomic mass is 10.1. The van der Waals surface area contributed by atoms with Crippen molar-refractivity contribution in [1.82, 2.24) is 14.9 Å². The molecular weight excluding hydrogens is 236 g/mol. The van der Waals surface area contributed by atoms with E-state index in [1.54, 1.807) is 6.92 Å². The number of nitrogen functional groups attached to an aromatic ring is 1. The molecule has 1 aromatic rings. The molecule has 3 N–H and O–H groups in total. The first-order chi connectivity index (χ1) is 8.65. The van der Waals surface area contributed by atoms with Crippen molar-refractivity contribution >= 4 is 17.7 Å². The fourth-order valence-corrected chi connectivity index (χ4v) is 2.00. The third kappa shape index (κ3) is 2.15. The predicted molar refractivity (Wildman–Crippen MR) is 63.9 cm³/mol. The maximum absolute atomic E-state index is 11.7. The van der Waals surface area contributed by atoms with Gasteiger partial charge in [-0.3, -0.25) is 4.79 Å². The number of hydrogen-bond acceptors (Lipinski definition) is 5. The van der Waals surface area contributed by atoms with Gasteiger partial charge in [-0.05, 0) is 19.8 Å². The summed E-state index contributed by atoms with van der Waals surface area (Å²) in [6.07, 6.45) is 2.98. The molecule has 1 aliphatic heterocycles. The van der Waals surface area contributed by atoms with Gasteiger partial charge in [-0.1, -0.05) is 0 Å². The summed E-state index contributed by atoms with van der Waals surface area (Å²) < 4.78 is 6.37. The zero-order valence-electron chi connectivity index (χ0n) is 10.2. The largest absolute Gasteiger partial charge is 0.461 e. The van der Waals surface area contributed by atoms with E-state index in [9.17, 15) is 9.59 Å². The quantitative estimate of drug-likeness (QED) is 0.743. The summed E-state index contributed by atoms with van der Waals surface area (Å²) in [4.78, 5) is 27.2. The molecule has 1 unspecified atom stereocenters. The van der Waals surface area contributed by atoms with Gasteiger partial charge >= 0.3 is 5.97 Å². The molecule has 1 atom stereocenters. The molecular formula is C11H16N4O3. The summed E-state index contributed by atoms with van der Waals surface area (Å²) in [5.41, 5.74) is 5.91. The fraction of sp³-hybridized carbons (Fsp3) is 0.545. The summed E-state index contributed by atoms with van der Waals surface area (Å²) in [6, 6.07) is -0.394. The Labute approximate surface area is 104 Å². The van der Waals surface area contributed by atoms with Crippen LogP contribution < -0.4 is 11.1 Å². The molecule has 0 aliphatic carbocycles. The molecule has 1 aromatic heterocycles. The molecule has 1 amide bonds. The Morgan fingerprint density at radius 2 is 2.50 bits per heavy atom. The first kappa shape index (κ1) is 12.4. The van der Waals surface area contributed by atoms with Gasteiger partial charge < -0.3 is 20.4 Å². The number of amides is 1. The van der Waals surface area contributed by atoms with Gasteiger partial charge in [0.1, 0.15) is 11.9 Å². The highest BCUT2D eigenvalue weighted by Crippen LogP contribution is 2.23. The second kappa shape index (κ2) is 5.07. The van der Waals surface area contributed by atoms with Crippen LogP contribution in [0.2, 0.25) is 0 Å². The molecule has 0 aromatic carbocycles. The van der Waals surface area contributed by atoms with E-state index in [4.69, 9.17) is 10.5 Å². The second-order valence-corrected chi connectivity index (χ2v) is 4.06. The number of nitrogens with zero attached hydrogens (tertiary/aromatic N) is 2. The van der Waals surface area contributed by atoms with Gasteiger partial charge in [-0.2, -0.15) is 0 Å². The standard InChI is InChI=1S/C11H16N4O3/c1-2-18-11(17)8-9(12)15(6-14-8)7-4-3-5-13-10(7)16/h6-7H,2-5,12H2,1H3,(H,13,16). The lowest BCUT2D eigenvalue weighted by molar-refractivity contribution is -0.125. The Balaban J connectivity index is 2.24. The predicted octanol–water partition coefficient (Wildman–Crippen LogP) is 0.0931. The van der Waals surface area contributed by atoms with E-state index in [1.807, 2.05) is 0 Å². The van der Waals surface area contributed by atoms with Crippen molar-refractivity contribution in [2.24, 2.45) is 0 Å². The number of carbonyl (C=O) groups is 2. The number of nitrogens with one attached hydrogen (secondary N) is 1. The minimum Gasteiger partial charge on any atom is -0.461 e. The van der Waals surface area contributed by atoms with Gasteiger partial charge in [0, 0.05) is 6.54 Å². The third-order valence-electron chi connectivity index (χ3n) is 2.89. The fourth-order valence-electron chi connectivity index (χ4n) is 2.00. The second-order valence-electron chi connectivity index (χ2n) is 4.06. The van der Waals surface area contributed by atoms with Gasteiger partial charge in [-0.15, -0.1) is 0 Å². The zero-order chi connectivity index (χ0) is 13.1. The zero-order valence-corrected chi connectivity index (χ0v) is 10.2. The van der Waals surface area contributed by atoms with Crippen molar-refractivity contribution in [2.75, 3.05) is 18.9 Å². The number of anilines is 1. The highest BCUT2D eigenvalue weighted by molar-refractivity contribution is 5.92. The van der Waals surface area contributed by atoms with Crippen LogP contribution in [0.5, 0.6) is 0 Å². The summed E-state index contributed by atoms with van der Waals surface area (Å²) >= 11 is 0. The van der Waals surface area contributed by atoms with Gasteiger partial charge in [-0.25, -0.2) is 9.78 Å². The van der Waals surface area contributed by atoms with Crippen molar-refractivity contribution in [2.45, 2.75) is 25.8 Å². The number of aromatic nitrogens is 2. The Hall–Kier alpha value is -2.05. The van der Waals surface area contributed by atoms with Crippen LogP contribution in [0.4, 0.5) is 5.82 Å². The molecule has 0 bridgehead atoms. The van der Waals surface area contributed by atoms with E-state index in [2.05, 4.69) is 10.3 Å². The first-order valence-electron chi connectivity index (χ1n) is 5.92. The minimum atomic E-state index is -0.565. The van der Waals surface area contributed by atoms with E-state index < -0.39 is 12.0 Å². The van der Waals surface area contributed by atoms with Crippen LogP contribution in [0, 0.1) is 0 Å². The van der Waals surface area contributed by atoms with Crippen molar-refractivity contribution in [1.29, 1.82) is 0 Å². The molecule has 2 rings (SSSR count). The van der Waals surface area contributed by atoms with Crippen molar-refractivity contribution in [3.8, 4) is 0 Å². The van der Waals surface area contributed by atoms with Crippen LogP contribution in [-0.4, -0.2) is 34.6 Å². The van der Waals surface area contributed by atoms with Crippen molar-refractivity contribution in [3.63, 3.8) is 0 Å². The summed E-state index contributed by atoms with van der Waals surface area (Å²) in [6.45, 7) is 2.64. The van der Waals surface area contributed by atoms with Crippen LogP contribution in [0.25, 0.3) is 0 Å². The van der Waals surface area contributed by atoms with E-state index in [0.29, 0.717) is 13.0 Å². The lowest BCUT2D eigenvalue weighted by Crippen LogP contribution is -2.38. The number of piperidine rings is 1. The number of ether oxygens (including phenoxy) is 1. The SMILES string of the molecule is CCOC(=O)c1ncn(C2CCCNC2=O)c1N. The first-order valence-corrected chi connectivity index (χ1v) is 5.92. The highest BCUT2D eigenvalue weighted by Gasteiger charge is 2.27. The van der Waals surface area contributed by atoms with E-state index >= 15 is 0 Å². The molecule has 1 saturated heterocycles. The summed E-state index contributed by atoms with van der Waals surface area (Å²) in [7, 11) is 0. The average Bonchev–Trinajstić information content (AvgIpc) is 2.72. The molecule has 1 aliphatic rings. The molecule has 1 fully saturated rings. The van der Waals surface area contributed by atoms with Crippen molar-refractivity contribution < 1.29 is 14.3 Å². The molecule has 0 radical (unpaired) electrons. The topological polar surface area (TPSA) is 99.2 Å². The molecule has 0 spiro atoms. The third-order valence-corrected chi connectivity index (χ3v) is 2.89. The van der Waals surface area contributed by atoms with Crippen LogP contribution in [-0.2, 0) is 9.53 Å². The van der Waals surface area contributed by atoms with Gasteiger partial charge in [0.15, 0.2) is 5.69 Å². The summed E-state index contributed by atoms with van der Waals surface area (Å²) in [5, 5.41) is 2.76. The number of imidazole rings is 1. The molecule has 2 heterocycles. The van der Waals surface area contributed by atoms with Crippen molar-refractivity contribution in [3.05, 3.63) is 12.0 Å². The van der Waals surface area contributed by atoms with Gasteiger partial charge in [0.2, 0.25) is 5.91 Å². The van der Waals surface area contributed by atoms with Gasteiger partial charge in [0.25, 0.3) is 0 Å². The maximum Gasteiger partial charge on any atom is 0.360 e. The summed E-state index contributed by atoms with van der Waals surface area (Å²) in [5.74, 6) is -0.485. The smallest absolute Gasteiger partial charge is 0.360 e. The molecule has 7 nitrogen and oxygen atoms in total. The van der Waals surface area contributed by atoms with E-state index in [-0.39, 0.29) is 24.0 Å². The molecule has 98 valence electrons. The number of carbonyl (C=O) groups excluding carboxylic acids is 2. The number of nitrogens with two attached hydrogens (primary N) is 1. The highest BCUT2D eigenvalue weighted by atomic mass is 16.5. The maximum atomic E-state index is 11.7. The van der Waals surface area contributed by atoms with Gasteiger partial charge in [0.05, 0.1) is 12.9 Å². The van der Waals surface area contributed by atoms with Crippen LogP contribution in [0.3, 0.4) is 0 Å². The average molecular weight is 252 g/mol. The lowest BCUT2D eigenvalue weighted by Gasteiger charge is -2.23. The van der Waals surface area contributed by atoms with Crippen LogP contribution in [0.15, 0.2) is 6.33 Å². The monoisotopic (exact) mass is 252 g/mol. The van der Waals surface area contributed by atoms with Crippen LogP contribution in [0.1, 0.15) is 36.3 Å². The Morgan fingerprint density at radius 3 is 3.17 bits per heavy atom. The number of hydrogen-bond donors (Lipinski definition) is 2. The number of esters is 1. The Kier molecular flexibility index (Phi) is 3.50. The Bertz CT molecular complexity index is 469. The molecule has 0 saturated carbocycles. The minimum absolute atomic E-state index is 0.0650. The number of rotatable bonds is 3. The normalized spacial score (nSPS) is 19.4. The van der Waals surface area contributed by atoms with E-state index in [0.717, 1.165) is 6.42 Å². The molecule has 7 heteroatoms. The van der Waals surface area contributed by atoms with E-state index in [1.165, 1.54) is 10.9 Å². The van der Waals surface area contributed by atoms with Crippen LogP contribution >= 0.6 is 0 Å².